The normalized spacial score (nSPS) is 14.5. The van der Waals surface area contributed by atoms with Crippen molar-refractivity contribution in [1.82, 2.24) is 5.32 Å². The van der Waals surface area contributed by atoms with E-state index >= 15 is 0 Å². The molecule has 0 aromatic heterocycles. The first-order valence-corrected chi connectivity index (χ1v) is 9.04. The number of esters is 1. The zero-order valence-electron chi connectivity index (χ0n) is 14.9. The Labute approximate surface area is 154 Å². The lowest BCUT2D eigenvalue weighted by Crippen LogP contribution is -2.37. The molecule has 5 heteroatoms. The Morgan fingerprint density at radius 2 is 1.88 bits per heavy atom. The summed E-state index contributed by atoms with van der Waals surface area (Å²) in [5, 5.41) is 3.17. The maximum absolute atomic E-state index is 12.2. The predicted molar refractivity (Wildman–Crippen MR) is 103 cm³/mol. The summed E-state index contributed by atoms with van der Waals surface area (Å²) in [6.07, 6.45) is 3.86. The number of nitrogens with one attached hydrogen (secondary N) is 1. The molecule has 3 N–H and O–H groups in total. The standard InChI is InChI=1S/C21H25N3O2/c22-21(23-13-16-8-4-9-16)24-14-18-10-5-11-19(12-18)20(25)26-15-17-6-2-1-3-7-17/h1-3,5-7,10-12,16H,4,8-9,13-15H2,(H3,22,23,24). The van der Waals surface area contributed by atoms with Gasteiger partial charge in [0.15, 0.2) is 5.96 Å². The number of hydrogen-bond acceptors (Lipinski definition) is 3. The molecule has 2 aromatic carbocycles. The van der Waals surface area contributed by atoms with Crippen molar-refractivity contribution < 1.29 is 9.53 Å². The van der Waals surface area contributed by atoms with Crippen LogP contribution in [0.1, 0.15) is 40.7 Å². The summed E-state index contributed by atoms with van der Waals surface area (Å²) in [6.45, 7) is 1.59. The number of rotatable bonds is 7. The lowest BCUT2D eigenvalue weighted by atomic mass is 9.85. The monoisotopic (exact) mass is 351 g/mol. The molecule has 0 heterocycles. The summed E-state index contributed by atoms with van der Waals surface area (Å²) < 4.78 is 5.37. The van der Waals surface area contributed by atoms with Crippen molar-refractivity contribution >= 4 is 11.9 Å². The zero-order chi connectivity index (χ0) is 18.2. The number of guanidine groups is 1. The molecular weight excluding hydrogens is 326 g/mol. The molecule has 1 fully saturated rings. The predicted octanol–water partition coefficient (Wildman–Crippen LogP) is 3.25. The van der Waals surface area contributed by atoms with E-state index in [1.165, 1.54) is 19.3 Å². The summed E-state index contributed by atoms with van der Waals surface area (Å²) in [5.74, 6) is 0.844. The quantitative estimate of drug-likeness (QED) is 0.456. The third-order valence-corrected chi connectivity index (χ3v) is 4.60. The minimum absolute atomic E-state index is 0.264. The van der Waals surface area contributed by atoms with Crippen molar-refractivity contribution in [2.45, 2.75) is 32.4 Å². The Morgan fingerprint density at radius 3 is 2.62 bits per heavy atom. The van der Waals surface area contributed by atoms with Gasteiger partial charge < -0.3 is 15.8 Å². The van der Waals surface area contributed by atoms with E-state index in [0.717, 1.165) is 23.6 Å². The van der Waals surface area contributed by atoms with E-state index in [9.17, 15) is 4.79 Å². The van der Waals surface area contributed by atoms with Gasteiger partial charge in [-0.05, 0) is 42.0 Å². The van der Waals surface area contributed by atoms with E-state index in [-0.39, 0.29) is 12.6 Å². The molecule has 0 aliphatic heterocycles. The number of carbonyl (C=O) groups excluding carboxylic acids is 1. The fourth-order valence-electron chi connectivity index (χ4n) is 2.78. The molecule has 1 aliphatic carbocycles. The molecular formula is C21H25N3O2. The van der Waals surface area contributed by atoms with E-state index in [2.05, 4.69) is 10.3 Å². The van der Waals surface area contributed by atoms with Gasteiger partial charge in [0.05, 0.1) is 12.1 Å². The van der Waals surface area contributed by atoms with Crippen LogP contribution in [0.4, 0.5) is 0 Å². The molecule has 0 amide bonds. The van der Waals surface area contributed by atoms with Crippen LogP contribution in [0.15, 0.2) is 59.6 Å². The van der Waals surface area contributed by atoms with Gasteiger partial charge in [-0.2, -0.15) is 0 Å². The van der Waals surface area contributed by atoms with Crippen LogP contribution in [-0.4, -0.2) is 18.5 Å². The highest BCUT2D eigenvalue weighted by atomic mass is 16.5. The van der Waals surface area contributed by atoms with Crippen LogP contribution < -0.4 is 11.1 Å². The van der Waals surface area contributed by atoms with E-state index in [4.69, 9.17) is 10.5 Å². The molecule has 1 aliphatic rings. The molecule has 0 bridgehead atoms. The van der Waals surface area contributed by atoms with Crippen molar-refractivity contribution in [2.24, 2.45) is 16.6 Å². The highest BCUT2D eigenvalue weighted by Gasteiger charge is 2.16. The van der Waals surface area contributed by atoms with Gasteiger partial charge in [0.25, 0.3) is 0 Å². The Balaban J connectivity index is 1.50. The second-order valence-electron chi connectivity index (χ2n) is 6.64. The Morgan fingerprint density at radius 1 is 1.12 bits per heavy atom. The maximum Gasteiger partial charge on any atom is 0.338 e. The Hall–Kier alpha value is -2.82. The van der Waals surface area contributed by atoms with Crippen molar-refractivity contribution in [3.8, 4) is 0 Å². The van der Waals surface area contributed by atoms with Crippen LogP contribution in [0.3, 0.4) is 0 Å². The number of nitrogens with zero attached hydrogens (tertiary/aromatic N) is 1. The number of ether oxygens (including phenoxy) is 1. The van der Waals surface area contributed by atoms with Gasteiger partial charge >= 0.3 is 5.97 Å². The van der Waals surface area contributed by atoms with Crippen LogP contribution in [0.25, 0.3) is 0 Å². The highest BCUT2D eigenvalue weighted by Crippen LogP contribution is 2.25. The minimum Gasteiger partial charge on any atom is -0.457 e. The molecule has 5 nitrogen and oxygen atoms in total. The SMILES string of the molecule is NC(=NCc1cccc(C(=O)OCc2ccccc2)c1)NCC1CCC1. The van der Waals surface area contributed by atoms with Crippen LogP contribution in [0, 0.1) is 5.92 Å². The largest absolute Gasteiger partial charge is 0.457 e. The van der Waals surface area contributed by atoms with E-state index < -0.39 is 0 Å². The third kappa shape index (κ3) is 5.34. The second-order valence-corrected chi connectivity index (χ2v) is 6.64. The average molecular weight is 351 g/mol. The smallest absolute Gasteiger partial charge is 0.338 e. The summed E-state index contributed by atoms with van der Waals surface area (Å²) >= 11 is 0. The van der Waals surface area contributed by atoms with Crippen LogP contribution >= 0.6 is 0 Å². The van der Waals surface area contributed by atoms with Gasteiger partial charge in [0.2, 0.25) is 0 Å². The Bertz CT molecular complexity index is 755. The second kappa shape index (κ2) is 9.04. The van der Waals surface area contributed by atoms with Crippen LogP contribution in [0.2, 0.25) is 0 Å². The zero-order valence-corrected chi connectivity index (χ0v) is 14.9. The van der Waals surface area contributed by atoms with Crippen molar-refractivity contribution in [3.05, 3.63) is 71.3 Å². The third-order valence-electron chi connectivity index (χ3n) is 4.60. The first-order valence-electron chi connectivity index (χ1n) is 9.04. The summed E-state index contributed by atoms with van der Waals surface area (Å²) in [7, 11) is 0. The number of carbonyl (C=O) groups is 1. The molecule has 0 radical (unpaired) electrons. The van der Waals surface area contributed by atoms with Crippen LogP contribution in [-0.2, 0) is 17.9 Å². The number of nitrogens with two attached hydrogens (primary N) is 1. The molecule has 1 saturated carbocycles. The number of benzene rings is 2. The van der Waals surface area contributed by atoms with Gasteiger partial charge in [-0.15, -0.1) is 0 Å². The molecule has 3 rings (SSSR count). The number of aliphatic imine (C=N–C) groups is 1. The number of hydrogen-bond donors (Lipinski definition) is 2. The summed E-state index contributed by atoms with van der Waals surface area (Å²) in [5.41, 5.74) is 8.32. The first kappa shape index (κ1) is 18.0. The van der Waals surface area contributed by atoms with E-state index in [1.807, 2.05) is 42.5 Å². The van der Waals surface area contributed by atoms with Gasteiger partial charge in [-0.3, -0.25) is 0 Å². The highest BCUT2D eigenvalue weighted by molar-refractivity contribution is 5.89. The average Bonchev–Trinajstić information content (AvgIpc) is 2.64. The molecule has 2 aromatic rings. The maximum atomic E-state index is 12.2. The van der Waals surface area contributed by atoms with Crippen LogP contribution in [0.5, 0.6) is 0 Å². The lowest BCUT2D eigenvalue weighted by Gasteiger charge is -2.25. The summed E-state index contributed by atoms with van der Waals surface area (Å²) in [6, 6.07) is 16.9. The first-order chi connectivity index (χ1) is 12.7. The molecule has 136 valence electrons. The molecule has 0 saturated heterocycles. The topological polar surface area (TPSA) is 76.7 Å². The van der Waals surface area contributed by atoms with Gasteiger partial charge in [0, 0.05) is 6.54 Å². The minimum atomic E-state index is -0.337. The van der Waals surface area contributed by atoms with Gasteiger partial charge in [-0.1, -0.05) is 48.9 Å². The molecule has 26 heavy (non-hydrogen) atoms. The van der Waals surface area contributed by atoms with Gasteiger partial charge in [0.1, 0.15) is 6.61 Å². The fraction of sp³-hybridized carbons (Fsp3) is 0.333. The molecule has 0 spiro atoms. The van der Waals surface area contributed by atoms with Crippen molar-refractivity contribution in [2.75, 3.05) is 6.54 Å². The van der Waals surface area contributed by atoms with E-state index in [1.54, 1.807) is 12.1 Å². The molecule has 0 unspecified atom stereocenters. The Kier molecular flexibility index (Phi) is 6.25. The van der Waals surface area contributed by atoms with Crippen molar-refractivity contribution in [3.63, 3.8) is 0 Å². The fourth-order valence-corrected chi connectivity index (χ4v) is 2.78. The molecule has 0 atom stereocenters. The van der Waals surface area contributed by atoms with E-state index in [0.29, 0.717) is 18.1 Å². The summed E-state index contributed by atoms with van der Waals surface area (Å²) in [4.78, 5) is 16.6. The van der Waals surface area contributed by atoms with Gasteiger partial charge in [-0.25, -0.2) is 9.79 Å². The lowest BCUT2D eigenvalue weighted by molar-refractivity contribution is 0.0472. The van der Waals surface area contributed by atoms with Crippen molar-refractivity contribution in [1.29, 1.82) is 0 Å².